The van der Waals surface area contributed by atoms with Crippen LogP contribution < -0.4 is 5.73 Å². The Morgan fingerprint density at radius 1 is 0.900 bits per heavy atom. The molecular weight excluding hydrogens is 392 g/mol. The van der Waals surface area contributed by atoms with Crippen LogP contribution in [0, 0.1) is 0 Å². The van der Waals surface area contributed by atoms with Crippen LogP contribution >= 0.6 is 11.3 Å². The van der Waals surface area contributed by atoms with Crippen LogP contribution in [0.25, 0.3) is 32.5 Å². The number of hydrogen-bond donors (Lipinski definition) is 3. The minimum Gasteiger partial charge on any atom is -0.508 e. The first kappa shape index (κ1) is 18.2. The second-order valence-corrected chi connectivity index (χ2v) is 8.12. The Hall–Kier alpha value is -3.83. The number of carbonyl (C=O) groups is 1. The van der Waals surface area contributed by atoms with Crippen molar-refractivity contribution in [2.75, 3.05) is 5.73 Å². The van der Waals surface area contributed by atoms with E-state index >= 15 is 0 Å². The molecule has 0 saturated heterocycles. The molecule has 0 amide bonds. The Morgan fingerprint density at radius 2 is 1.63 bits per heavy atom. The summed E-state index contributed by atoms with van der Waals surface area (Å²) in [4.78, 5) is 17.1. The molecule has 4 N–H and O–H groups in total. The quantitative estimate of drug-likeness (QED) is 0.314. The molecule has 4 nitrogen and oxygen atoms in total. The van der Waals surface area contributed by atoms with Gasteiger partial charge >= 0.3 is 0 Å². The van der Waals surface area contributed by atoms with E-state index in [2.05, 4.69) is 4.98 Å². The van der Waals surface area contributed by atoms with Crippen molar-refractivity contribution < 1.29 is 9.90 Å². The van der Waals surface area contributed by atoms with Crippen LogP contribution in [0.5, 0.6) is 5.75 Å². The number of rotatable bonds is 4. The second kappa shape index (κ2) is 7.21. The van der Waals surface area contributed by atoms with Gasteiger partial charge in [0.2, 0.25) is 5.78 Å². The molecule has 30 heavy (non-hydrogen) atoms. The fourth-order valence-corrected chi connectivity index (χ4v) is 4.91. The van der Waals surface area contributed by atoms with Crippen molar-refractivity contribution in [3.05, 3.63) is 95.5 Å². The lowest BCUT2D eigenvalue weighted by Crippen LogP contribution is -2.00. The van der Waals surface area contributed by atoms with E-state index in [1.54, 1.807) is 12.1 Å². The number of benzene rings is 3. The molecule has 0 atom stereocenters. The van der Waals surface area contributed by atoms with Crippen LogP contribution in [0.1, 0.15) is 15.2 Å². The molecule has 0 fully saturated rings. The molecule has 146 valence electrons. The molecule has 3 aromatic carbocycles. The Bertz CT molecular complexity index is 1370. The van der Waals surface area contributed by atoms with Crippen LogP contribution in [0.3, 0.4) is 0 Å². The van der Waals surface area contributed by atoms with Crippen molar-refractivity contribution in [3.63, 3.8) is 0 Å². The fourth-order valence-electron chi connectivity index (χ4n) is 3.69. The van der Waals surface area contributed by atoms with Gasteiger partial charge in [0.05, 0.1) is 16.3 Å². The summed E-state index contributed by atoms with van der Waals surface area (Å²) in [6, 6.07) is 24.3. The Balaban J connectivity index is 1.68. The van der Waals surface area contributed by atoms with Crippen molar-refractivity contribution in [2.45, 2.75) is 0 Å². The number of carbonyl (C=O) groups excluding carboxylic acids is 1. The number of thiophene rings is 1. The third kappa shape index (κ3) is 3.06. The minimum absolute atomic E-state index is 0.0241. The third-order valence-electron chi connectivity index (χ3n) is 5.16. The largest absolute Gasteiger partial charge is 0.508 e. The number of anilines is 1. The number of phenols is 1. The molecule has 0 unspecified atom stereocenters. The molecule has 5 aromatic rings. The van der Waals surface area contributed by atoms with E-state index in [0.717, 1.165) is 32.5 Å². The van der Waals surface area contributed by atoms with Gasteiger partial charge in [-0.2, -0.15) is 0 Å². The van der Waals surface area contributed by atoms with Gasteiger partial charge in [0.1, 0.15) is 5.75 Å². The molecule has 0 aliphatic heterocycles. The first-order chi connectivity index (χ1) is 14.6. The first-order valence-corrected chi connectivity index (χ1v) is 10.3. The van der Waals surface area contributed by atoms with Crippen LogP contribution in [0.2, 0.25) is 0 Å². The molecule has 0 bridgehead atoms. The van der Waals surface area contributed by atoms with E-state index < -0.39 is 0 Å². The Kier molecular flexibility index (Phi) is 4.38. The zero-order valence-corrected chi connectivity index (χ0v) is 16.7. The van der Waals surface area contributed by atoms with Gasteiger partial charge in [-0.15, -0.1) is 11.3 Å². The topological polar surface area (TPSA) is 79.1 Å². The van der Waals surface area contributed by atoms with Gasteiger partial charge in [0, 0.05) is 33.0 Å². The van der Waals surface area contributed by atoms with Crippen molar-refractivity contribution >= 4 is 32.9 Å². The predicted octanol–water partition coefficient (Wildman–Crippen LogP) is 6.08. The smallest absolute Gasteiger partial charge is 0.203 e. The average molecular weight is 410 g/mol. The number of nitrogen functional groups attached to an aromatic ring is 1. The van der Waals surface area contributed by atoms with E-state index in [9.17, 15) is 9.90 Å². The summed E-state index contributed by atoms with van der Waals surface area (Å²) in [6.07, 6.45) is 1.81. The summed E-state index contributed by atoms with van der Waals surface area (Å²) in [6.45, 7) is 0. The minimum atomic E-state index is -0.0241. The number of aromatic hydroxyl groups is 1. The van der Waals surface area contributed by atoms with Crippen molar-refractivity contribution in [1.82, 2.24) is 4.98 Å². The Morgan fingerprint density at radius 3 is 2.33 bits per heavy atom. The van der Waals surface area contributed by atoms with Crippen LogP contribution in [-0.4, -0.2) is 15.9 Å². The van der Waals surface area contributed by atoms with Gasteiger partial charge in [0.25, 0.3) is 0 Å². The molecule has 0 aliphatic carbocycles. The fraction of sp³-hybridized carbons (Fsp3) is 0. The number of aromatic nitrogens is 1. The van der Waals surface area contributed by atoms with Gasteiger partial charge in [-0.3, -0.25) is 4.79 Å². The van der Waals surface area contributed by atoms with E-state index in [1.807, 2.05) is 72.9 Å². The van der Waals surface area contributed by atoms with Crippen LogP contribution in [0.15, 0.2) is 85.1 Å². The standard InChI is InChI=1S/C25H18N2O2S/c26-20-12-13-27-23(20)16-8-6-15(7-9-16)22-19-11-10-18(28)14-21(19)30-25(22)24(29)17-4-2-1-3-5-17/h1-14,27-28H,26H2. The second-order valence-electron chi connectivity index (χ2n) is 7.07. The lowest BCUT2D eigenvalue weighted by atomic mass is 9.97. The zero-order valence-electron chi connectivity index (χ0n) is 15.9. The van der Waals surface area contributed by atoms with E-state index in [1.165, 1.54) is 11.3 Å². The summed E-state index contributed by atoms with van der Waals surface area (Å²) in [5.41, 5.74) is 11.0. The molecule has 2 aromatic heterocycles. The first-order valence-electron chi connectivity index (χ1n) is 9.51. The summed E-state index contributed by atoms with van der Waals surface area (Å²) in [5.74, 6) is 0.163. The van der Waals surface area contributed by atoms with E-state index in [-0.39, 0.29) is 11.5 Å². The van der Waals surface area contributed by atoms with Crippen LogP contribution in [-0.2, 0) is 0 Å². The van der Waals surface area contributed by atoms with Crippen molar-refractivity contribution in [3.8, 4) is 28.1 Å². The number of nitrogens with one attached hydrogen (secondary N) is 1. The number of H-pyrrole nitrogens is 1. The molecule has 5 heteroatoms. The number of fused-ring (bicyclic) bond motifs is 1. The van der Waals surface area contributed by atoms with Gasteiger partial charge in [-0.1, -0.05) is 54.6 Å². The zero-order chi connectivity index (χ0) is 20.7. The highest BCUT2D eigenvalue weighted by Gasteiger charge is 2.21. The maximum Gasteiger partial charge on any atom is 0.203 e. The van der Waals surface area contributed by atoms with Gasteiger partial charge in [-0.25, -0.2) is 0 Å². The van der Waals surface area contributed by atoms with Gasteiger partial charge in [-0.05, 0) is 29.8 Å². The van der Waals surface area contributed by atoms with Crippen LogP contribution in [0.4, 0.5) is 5.69 Å². The number of hydrogen-bond acceptors (Lipinski definition) is 4. The lowest BCUT2D eigenvalue weighted by Gasteiger charge is -2.07. The Labute approximate surface area is 177 Å². The molecular formula is C25H18N2O2S. The average Bonchev–Trinajstić information content (AvgIpc) is 3.37. The molecule has 0 aliphatic rings. The predicted molar refractivity (Wildman–Crippen MR) is 123 cm³/mol. The summed E-state index contributed by atoms with van der Waals surface area (Å²) in [7, 11) is 0. The molecule has 2 heterocycles. The maximum atomic E-state index is 13.3. The molecule has 0 saturated carbocycles. The normalized spacial score (nSPS) is 11.1. The summed E-state index contributed by atoms with van der Waals surface area (Å²) < 4.78 is 0.877. The SMILES string of the molecule is Nc1cc[nH]c1-c1ccc(-c2c(C(=O)c3ccccc3)sc3cc(O)ccc23)cc1. The van der Waals surface area contributed by atoms with Crippen molar-refractivity contribution in [2.24, 2.45) is 0 Å². The summed E-state index contributed by atoms with van der Waals surface area (Å²) in [5, 5.41) is 10.9. The van der Waals surface area contributed by atoms with Crippen molar-refractivity contribution in [1.29, 1.82) is 0 Å². The van der Waals surface area contributed by atoms with Gasteiger partial charge in [0.15, 0.2) is 0 Å². The number of ketones is 1. The van der Waals surface area contributed by atoms with E-state index in [4.69, 9.17) is 5.73 Å². The monoisotopic (exact) mass is 410 g/mol. The third-order valence-corrected chi connectivity index (χ3v) is 6.31. The highest BCUT2D eigenvalue weighted by Crippen LogP contribution is 2.41. The molecule has 0 radical (unpaired) electrons. The number of aromatic amines is 1. The van der Waals surface area contributed by atoms with E-state index in [0.29, 0.717) is 16.1 Å². The van der Waals surface area contributed by atoms with Gasteiger partial charge < -0.3 is 15.8 Å². The maximum absolute atomic E-state index is 13.3. The molecule has 5 rings (SSSR count). The number of phenolic OH excluding ortho intramolecular Hbond substituents is 1. The number of nitrogens with two attached hydrogens (primary N) is 1. The molecule has 0 spiro atoms. The summed E-state index contributed by atoms with van der Waals surface area (Å²) >= 11 is 1.40. The lowest BCUT2D eigenvalue weighted by molar-refractivity contribution is 0.104. The highest BCUT2D eigenvalue weighted by molar-refractivity contribution is 7.21. The highest BCUT2D eigenvalue weighted by atomic mass is 32.1.